The molecule has 0 aromatic heterocycles. The average molecular weight is 170 g/mol. The van der Waals surface area contributed by atoms with Crippen molar-refractivity contribution in [1.29, 1.82) is 0 Å². The predicted octanol–water partition coefficient (Wildman–Crippen LogP) is 1.92. The van der Waals surface area contributed by atoms with E-state index in [0.717, 1.165) is 6.61 Å². The Labute approximate surface area is 73.9 Å². The van der Waals surface area contributed by atoms with E-state index in [-0.39, 0.29) is 0 Å². The molecule has 3 atom stereocenters. The standard InChI is InChI=1S/C10H18O2/c11-10-9-6-4-2-1-3-5-8(9)7-12-10/h8-11H,1-7H2/t8-,9-,10-/m0/s1. The van der Waals surface area contributed by atoms with Crippen LogP contribution in [0.4, 0.5) is 0 Å². The maximum atomic E-state index is 9.52. The Morgan fingerprint density at radius 3 is 2.58 bits per heavy atom. The van der Waals surface area contributed by atoms with Gasteiger partial charge in [0.2, 0.25) is 0 Å². The van der Waals surface area contributed by atoms with Gasteiger partial charge in [0.05, 0.1) is 6.61 Å². The van der Waals surface area contributed by atoms with E-state index >= 15 is 0 Å². The van der Waals surface area contributed by atoms with E-state index < -0.39 is 6.29 Å². The molecule has 1 aliphatic carbocycles. The Morgan fingerprint density at radius 1 is 1.00 bits per heavy atom. The van der Waals surface area contributed by atoms with Gasteiger partial charge in [-0.15, -0.1) is 0 Å². The third-order valence-electron chi connectivity index (χ3n) is 3.32. The van der Waals surface area contributed by atoms with Crippen molar-refractivity contribution >= 4 is 0 Å². The fraction of sp³-hybridized carbons (Fsp3) is 1.00. The second-order valence-corrected chi connectivity index (χ2v) is 4.14. The van der Waals surface area contributed by atoms with Crippen LogP contribution in [0, 0.1) is 11.8 Å². The van der Waals surface area contributed by atoms with Gasteiger partial charge in [-0.25, -0.2) is 0 Å². The summed E-state index contributed by atoms with van der Waals surface area (Å²) in [5.74, 6) is 1.10. The Hall–Kier alpha value is -0.0800. The summed E-state index contributed by atoms with van der Waals surface area (Å²) in [5.41, 5.74) is 0. The predicted molar refractivity (Wildman–Crippen MR) is 46.6 cm³/mol. The third-order valence-corrected chi connectivity index (χ3v) is 3.32. The summed E-state index contributed by atoms with van der Waals surface area (Å²) in [7, 11) is 0. The van der Waals surface area contributed by atoms with Crippen LogP contribution in [-0.4, -0.2) is 18.0 Å². The second kappa shape index (κ2) is 3.75. The van der Waals surface area contributed by atoms with Crippen LogP contribution in [0.25, 0.3) is 0 Å². The quantitative estimate of drug-likeness (QED) is 0.602. The molecule has 70 valence electrons. The van der Waals surface area contributed by atoms with Gasteiger partial charge in [-0.2, -0.15) is 0 Å². The van der Waals surface area contributed by atoms with Crippen molar-refractivity contribution in [1.82, 2.24) is 0 Å². The van der Waals surface area contributed by atoms with Crippen LogP contribution in [-0.2, 0) is 4.74 Å². The molecule has 2 fully saturated rings. The molecule has 2 rings (SSSR count). The SMILES string of the molecule is O[C@H]1OC[C@@H]2CCCCCC[C@@H]21. The van der Waals surface area contributed by atoms with Crippen molar-refractivity contribution in [2.45, 2.75) is 44.8 Å². The minimum Gasteiger partial charge on any atom is -0.368 e. The Morgan fingerprint density at radius 2 is 1.75 bits per heavy atom. The summed E-state index contributed by atoms with van der Waals surface area (Å²) in [6.07, 6.45) is 7.31. The first-order chi connectivity index (χ1) is 5.88. The summed E-state index contributed by atoms with van der Waals surface area (Å²) in [6, 6.07) is 0. The van der Waals surface area contributed by atoms with Crippen molar-refractivity contribution in [3.8, 4) is 0 Å². The van der Waals surface area contributed by atoms with Crippen molar-refractivity contribution in [3.63, 3.8) is 0 Å². The van der Waals surface area contributed by atoms with Crippen molar-refractivity contribution in [2.24, 2.45) is 11.8 Å². The molecule has 1 saturated heterocycles. The van der Waals surface area contributed by atoms with Gasteiger partial charge in [0.15, 0.2) is 6.29 Å². The molecule has 2 nitrogen and oxygen atoms in total. The van der Waals surface area contributed by atoms with Crippen LogP contribution >= 0.6 is 0 Å². The monoisotopic (exact) mass is 170 g/mol. The van der Waals surface area contributed by atoms with Gasteiger partial charge in [-0.3, -0.25) is 0 Å². The summed E-state index contributed by atoms with van der Waals surface area (Å²) >= 11 is 0. The summed E-state index contributed by atoms with van der Waals surface area (Å²) < 4.78 is 5.27. The molecule has 0 spiro atoms. The van der Waals surface area contributed by atoms with Crippen molar-refractivity contribution in [2.75, 3.05) is 6.61 Å². The van der Waals surface area contributed by atoms with Gasteiger partial charge in [0, 0.05) is 5.92 Å². The molecule has 0 amide bonds. The molecule has 2 aliphatic rings. The maximum absolute atomic E-state index is 9.52. The first-order valence-electron chi connectivity index (χ1n) is 5.17. The Bertz CT molecular complexity index is 147. The highest BCUT2D eigenvalue weighted by atomic mass is 16.6. The van der Waals surface area contributed by atoms with Crippen LogP contribution in [0.3, 0.4) is 0 Å². The highest BCUT2D eigenvalue weighted by molar-refractivity contribution is 4.79. The van der Waals surface area contributed by atoms with Crippen LogP contribution in [0.15, 0.2) is 0 Å². The molecule has 0 aromatic carbocycles. The minimum absolute atomic E-state index is 0.449. The van der Waals surface area contributed by atoms with E-state index in [9.17, 15) is 5.11 Å². The molecular weight excluding hydrogens is 152 g/mol. The minimum atomic E-state index is -0.451. The molecule has 2 heteroatoms. The lowest BCUT2D eigenvalue weighted by Gasteiger charge is -2.22. The molecule has 0 bridgehead atoms. The van der Waals surface area contributed by atoms with E-state index in [4.69, 9.17) is 4.74 Å². The van der Waals surface area contributed by atoms with E-state index in [2.05, 4.69) is 0 Å². The number of hydrogen-bond donors (Lipinski definition) is 1. The van der Waals surface area contributed by atoms with E-state index in [1.165, 1.54) is 38.5 Å². The topological polar surface area (TPSA) is 29.5 Å². The highest BCUT2D eigenvalue weighted by Crippen LogP contribution is 2.35. The van der Waals surface area contributed by atoms with Gasteiger partial charge < -0.3 is 9.84 Å². The lowest BCUT2D eigenvalue weighted by atomic mass is 9.83. The molecule has 0 unspecified atom stereocenters. The Kier molecular flexibility index (Phi) is 2.66. The summed E-state index contributed by atoms with van der Waals surface area (Å²) in [4.78, 5) is 0. The van der Waals surface area contributed by atoms with Gasteiger partial charge in [0.25, 0.3) is 0 Å². The molecule has 1 heterocycles. The zero-order valence-corrected chi connectivity index (χ0v) is 7.54. The zero-order chi connectivity index (χ0) is 8.39. The van der Waals surface area contributed by atoms with Gasteiger partial charge in [-0.05, 0) is 18.8 Å². The van der Waals surface area contributed by atoms with Crippen LogP contribution in [0.5, 0.6) is 0 Å². The van der Waals surface area contributed by atoms with E-state index in [1.807, 2.05) is 0 Å². The lowest BCUT2D eigenvalue weighted by molar-refractivity contribution is -0.0840. The van der Waals surface area contributed by atoms with Crippen LogP contribution in [0.1, 0.15) is 38.5 Å². The lowest BCUT2D eigenvalue weighted by Crippen LogP contribution is -2.21. The third kappa shape index (κ3) is 1.64. The molecule has 1 saturated carbocycles. The molecule has 1 aliphatic heterocycles. The summed E-state index contributed by atoms with van der Waals surface area (Å²) in [5, 5.41) is 9.52. The number of hydrogen-bond acceptors (Lipinski definition) is 2. The van der Waals surface area contributed by atoms with E-state index in [0.29, 0.717) is 11.8 Å². The summed E-state index contributed by atoms with van der Waals surface area (Å²) in [6.45, 7) is 0.797. The fourth-order valence-electron chi connectivity index (χ4n) is 2.52. The second-order valence-electron chi connectivity index (χ2n) is 4.14. The van der Waals surface area contributed by atoms with E-state index in [1.54, 1.807) is 0 Å². The molecule has 0 radical (unpaired) electrons. The van der Waals surface area contributed by atoms with Gasteiger partial charge in [0.1, 0.15) is 0 Å². The number of aliphatic hydroxyl groups excluding tert-OH is 1. The molecule has 1 N–H and O–H groups in total. The highest BCUT2D eigenvalue weighted by Gasteiger charge is 2.35. The van der Waals surface area contributed by atoms with Gasteiger partial charge in [-0.1, -0.05) is 25.7 Å². The van der Waals surface area contributed by atoms with Crippen LogP contribution in [0.2, 0.25) is 0 Å². The number of fused-ring (bicyclic) bond motifs is 1. The zero-order valence-electron chi connectivity index (χ0n) is 7.54. The average Bonchev–Trinajstić information content (AvgIpc) is 2.31. The largest absolute Gasteiger partial charge is 0.368 e. The van der Waals surface area contributed by atoms with Crippen molar-refractivity contribution in [3.05, 3.63) is 0 Å². The molecule has 0 aromatic rings. The van der Waals surface area contributed by atoms with Crippen LogP contribution < -0.4 is 0 Å². The first-order valence-corrected chi connectivity index (χ1v) is 5.17. The number of aliphatic hydroxyl groups is 1. The Balaban J connectivity index is 1.95. The number of ether oxygens (including phenoxy) is 1. The maximum Gasteiger partial charge on any atom is 0.157 e. The van der Waals surface area contributed by atoms with Gasteiger partial charge >= 0.3 is 0 Å². The normalized spacial score (nSPS) is 43.2. The van der Waals surface area contributed by atoms with Crippen molar-refractivity contribution < 1.29 is 9.84 Å². The molecular formula is C10H18O2. The smallest absolute Gasteiger partial charge is 0.157 e. The fourth-order valence-corrected chi connectivity index (χ4v) is 2.52. The first kappa shape index (κ1) is 8.52. The molecule has 12 heavy (non-hydrogen) atoms. The number of rotatable bonds is 0.